The van der Waals surface area contributed by atoms with Gasteiger partial charge in [-0.25, -0.2) is 0 Å². The van der Waals surface area contributed by atoms with Crippen molar-refractivity contribution in [3.05, 3.63) is 53.4 Å². The average Bonchev–Trinajstić information content (AvgIpc) is 3.58. The zero-order chi connectivity index (χ0) is 32.6. The van der Waals surface area contributed by atoms with Gasteiger partial charge in [0.2, 0.25) is 11.8 Å². The molecule has 0 saturated carbocycles. The highest BCUT2D eigenvalue weighted by Crippen LogP contribution is 2.29. The van der Waals surface area contributed by atoms with Crippen molar-refractivity contribution in [2.45, 2.75) is 84.2 Å². The molecule has 2 aliphatic rings. The Morgan fingerprint density at radius 2 is 1.49 bits per heavy atom. The minimum absolute atomic E-state index is 0.0592. The Balaban J connectivity index is 1.47. The Kier molecular flexibility index (Phi) is 11.9. The second-order valence-corrected chi connectivity index (χ2v) is 13.0. The van der Waals surface area contributed by atoms with E-state index in [0.717, 1.165) is 18.7 Å². The monoisotopic (exact) mass is 625 g/mol. The van der Waals surface area contributed by atoms with Gasteiger partial charge in [0.1, 0.15) is 17.7 Å². The number of amides is 3. The maximum atomic E-state index is 13.7. The number of ether oxygens (including phenoxy) is 2. The van der Waals surface area contributed by atoms with E-state index in [1.807, 2.05) is 58.0 Å². The Morgan fingerprint density at radius 3 is 2.11 bits per heavy atom. The second-order valence-electron chi connectivity index (χ2n) is 13.0. The summed E-state index contributed by atoms with van der Waals surface area (Å²) in [6.45, 7) is 13.2. The van der Waals surface area contributed by atoms with Crippen LogP contribution in [0.5, 0.6) is 0 Å². The summed E-state index contributed by atoms with van der Waals surface area (Å²) in [6, 6.07) is 8.22. The Labute approximate surface area is 264 Å². The van der Waals surface area contributed by atoms with E-state index in [0.29, 0.717) is 45.0 Å². The van der Waals surface area contributed by atoms with Gasteiger partial charge in [0.25, 0.3) is 5.91 Å². The SMILES string of the molecule is CC(C)CC(NC(=O)c1cc(CN2CCOCC2)on1)C(=O)N[C@@H](Cc1ccccc1)C(=O)NC(CC(C)C)C(=O)[C@@]1(C)CO1. The van der Waals surface area contributed by atoms with Crippen molar-refractivity contribution in [2.24, 2.45) is 11.8 Å². The van der Waals surface area contributed by atoms with Crippen LogP contribution in [-0.2, 0) is 36.8 Å². The lowest BCUT2D eigenvalue weighted by molar-refractivity contribution is -0.133. The summed E-state index contributed by atoms with van der Waals surface area (Å²) < 4.78 is 16.2. The number of nitrogens with one attached hydrogen (secondary N) is 3. The number of aromatic nitrogens is 1. The van der Waals surface area contributed by atoms with E-state index >= 15 is 0 Å². The van der Waals surface area contributed by atoms with Crippen LogP contribution in [0.4, 0.5) is 0 Å². The van der Waals surface area contributed by atoms with Crippen molar-refractivity contribution in [2.75, 3.05) is 32.9 Å². The molecule has 3 amide bonds. The topological polar surface area (TPSA) is 155 Å². The third-order valence-electron chi connectivity index (χ3n) is 7.96. The van der Waals surface area contributed by atoms with Crippen LogP contribution in [0, 0.1) is 11.8 Å². The van der Waals surface area contributed by atoms with Crippen LogP contribution in [0.25, 0.3) is 0 Å². The molecule has 1 aromatic heterocycles. The van der Waals surface area contributed by atoms with Crippen molar-refractivity contribution in [3.63, 3.8) is 0 Å². The lowest BCUT2D eigenvalue weighted by Crippen LogP contribution is -2.57. The molecule has 0 radical (unpaired) electrons. The highest BCUT2D eigenvalue weighted by Gasteiger charge is 2.50. The summed E-state index contributed by atoms with van der Waals surface area (Å²) in [6.07, 6.45) is 0.970. The van der Waals surface area contributed by atoms with E-state index in [1.165, 1.54) is 0 Å². The molecule has 0 spiro atoms. The second kappa shape index (κ2) is 15.6. The van der Waals surface area contributed by atoms with Gasteiger partial charge >= 0.3 is 0 Å². The van der Waals surface area contributed by atoms with Crippen LogP contribution in [0.15, 0.2) is 40.9 Å². The number of benzene rings is 1. The molecule has 12 nitrogen and oxygen atoms in total. The predicted octanol–water partition coefficient (Wildman–Crippen LogP) is 2.27. The van der Waals surface area contributed by atoms with Crippen molar-refractivity contribution < 1.29 is 33.2 Å². The number of carbonyl (C=O) groups is 4. The molecule has 3 N–H and O–H groups in total. The summed E-state index contributed by atoms with van der Waals surface area (Å²) in [5.74, 6) is -0.965. The molecule has 1 aromatic carbocycles. The van der Waals surface area contributed by atoms with Crippen LogP contribution in [0.1, 0.15) is 69.3 Å². The first-order valence-corrected chi connectivity index (χ1v) is 15.8. The quantitative estimate of drug-likeness (QED) is 0.238. The van der Waals surface area contributed by atoms with Crippen LogP contribution < -0.4 is 16.0 Å². The van der Waals surface area contributed by atoms with Crippen molar-refractivity contribution in [1.29, 1.82) is 0 Å². The number of hydrogen-bond donors (Lipinski definition) is 3. The number of morpholine rings is 1. The van der Waals surface area contributed by atoms with Gasteiger partial charge in [-0.2, -0.15) is 0 Å². The molecule has 12 heteroatoms. The molecule has 2 aromatic rings. The lowest BCUT2D eigenvalue weighted by atomic mass is 9.93. The Bertz CT molecular complexity index is 1300. The molecular formula is C33H47N5O7. The molecule has 2 fully saturated rings. The number of nitrogens with zero attached hydrogens (tertiary/aromatic N) is 2. The van der Waals surface area contributed by atoms with Gasteiger partial charge in [0.05, 0.1) is 32.4 Å². The largest absolute Gasteiger partial charge is 0.379 e. The highest BCUT2D eigenvalue weighted by molar-refractivity contribution is 5.99. The zero-order valence-electron chi connectivity index (χ0n) is 27.0. The van der Waals surface area contributed by atoms with E-state index in [-0.39, 0.29) is 29.7 Å². The number of hydrogen-bond acceptors (Lipinski definition) is 9. The molecule has 3 heterocycles. The molecule has 2 saturated heterocycles. The Morgan fingerprint density at radius 1 is 0.889 bits per heavy atom. The number of carbonyl (C=O) groups excluding carboxylic acids is 4. The van der Waals surface area contributed by atoms with Gasteiger partial charge in [-0.1, -0.05) is 63.2 Å². The molecular weight excluding hydrogens is 578 g/mol. The molecule has 2 aliphatic heterocycles. The summed E-state index contributed by atoms with van der Waals surface area (Å²) in [5.41, 5.74) is 0.00660. The maximum Gasteiger partial charge on any atom is 0.274 e. The summed E-state index contributed by atoms with van der Waals surface area (Å²) in [5, 5.41) is 12.5. The Hall–Kier alpha value is -3.61. The molecule has 4 atom stereocenters. The van der Waals surface area contributed by atoms with E-state index in [9.17, 15) is 19.2 Å². The van der Waals surface area contributed by atoms with E-state index in [4.69, 9.17) is 14.0 Å². The molecule has 45 heavy (non-hydrogen) atoms. The van der Waals surface area contributed by atoms with E-state index in [2.05, 4.69) is 26.0 Å². The minimum Gasteiger partial charge on any atom is -0.379 e. The summed E-state index contributed by atoms with van der Waals surface area (Å²) >= 11 is 0. The number of ketones is 1. The highest BCUT2D eigenvalue weighted by atomic mass is 16.6. The molecule has 0 aliphatic carbocycles. The van der Waals surface area contributed by atoms with Gasteiger partial charge in [0, 0.05) is 25.6 Å². The summed E-state index contributed by atoms with van der Waals surface area (Å²) in [7, 11) is 0. The molecule has 246 valence electrons. The lowest BCUT2D eigenvalue weighted by Gasteiger charge is -2.27. The number of Topliss-reactive ketones (excluding diaryl/α,β-unsaturated/α-hetero) is 1. The molecule has 2 unspecified atom stereocenters. The third-order valence-corrected chi connectivity index (χ3v) is 7.96. The van der Waals surface area contributed by atoms with Crippen molar-refractivity contribution in [1.82, 2.24) is 26.0 Å². The van der Waals surface area contributed by atoms with Crippen LogP contribution in [0.3, 0.4) is 0 Å². The van der Waals surface area contributed by atoms with Gasteiger partial charge in [-0.05, 0) is 37.2 Å². The third kappa shape index (κ3) is 10.2. The molecule has 4 rings (SSSR count). The normalized spacial score (nSPS) is 20.3. The number of rotatable bonds is 16. The first-order valence-electron chi connectivity index (χ1n) is 15.8. The summed E-state index contributed by atoms with van der Waals surface area (Å²) in [4.78, 5) is 56.0. The number of epoxide rings is 1. The predicted molar refractivity (Wildman–Crippen MR) is 166 cm³/mol. The van der Waals surface area contributed by atoms with Crippen LogP contribution in [-0.4, -0.2) is 90.2 Å². The van der Waals surface area contributed by atoms with Crippen LogP contribution in [0.2, 0.25) is 0 Å². The first kappa shape index (κ1) is 34.3. The van der Waals surface area contributed by atoms with Gasteiger partial charge < -0.3 is 29.9 Å². The van der Waals surface area contributed by atoms with Gasteiger partial charge in [-0.15, -0.1) is 0 Å². The van der Waals surface area contributed by atoms with Crippen LogP contribution >= 0.6 is 0 Å². The fourth-order valence-corrected chi connectivity index (χ4v) is 5.33. The minimum atomic E-state index is -0.992. The zero-order valence-corrected chi connectivity index (χ0v) is 27.0. The van der Waals surface area contributed by atoms with Gasteiger partial charge in [0.15, 0.2) is 17.2 Å². The van der Waals surface area contributed by atoms with E-state index in [1.54, 1.807) is 13.0 Å². The van der Waals surface area contributed by atoms with Gasteiger partial charge in [-0.3, -0.25) is 24.1 Å². The fraction of sp³-hybridized carbons (Fsp3) is 0.606. The van der Waals surface area contributed by atoms with Crippen molar-refractivity contribution >= 4 is 23.5 Å². The maximum absolute atomic E-state index is 13.7. The fourth-order valence-electron chi connectivity index (χ4n) is 5.33. The first-order chi connectivity index (χ1) is 21.4. The molecule has 0 bridgehead atoms. The van der Waals surface area contributed by atoms with E-state index < -0.39 is 41.4 Å². The average molecular weight is 626 g/mol. The van der Waals surface area contributed by atoms with Crippen molar-refractivity contribution in [3.8, 4) is 0 Å². The standard InChI is InChI=1S/C33H47N5O7/c1-21(2)15-25(29(39)33(5)20-44-33)34-31(41)27(17-23-9-7-6-8-10-23)36-30(40)26(16-22(3)4)35-32(42)28-18-24(45-37-28)19-38-11-13-43-14-12-38/h6-10,18,21-22,25-27H,11-17,19-20H2,1-5H3,(H,34,41)(H,35,42)(H,36,40)/t25?,26?,27-,33+/m0/s1. The smallest absolute Gasteiger partial charge is 0.274 e.